The smallest absolute Gasteiger partial charge is 0.338 e. The quantitative estimate of drug-likeness (QED) is 0.229. The number of aromatic nitrogens is 2. The maximum Gasteiger partial charge on any atom is 0.338 e. The fourth-order valence-electron chi connectivity index (χ4n) is 4.27. The Labute approximate surface area is 219 Å². The van der Waals surface area contributed by atoms with E-state index in [1.54, 1.807) is 6.07 Å². The second-order valence-corrected chi connectivity index (χ2v) is 9.74. The second-order valence-electron chi connectivity index (χ2n) is 9.74. The highest BCUT2D eigenvalue weighted by Gasteiger charge is 2.27. The van der Waals surface area contributed by atoms with E-state index in [1.807, 2.05) is 60.9 Å². The second kappa shape index (κ2) is 13.2. The van der Waals surface area contributed by atoms with Gasteiger partial charge < -0.3 is 20.1 Å². The van der Waals surface area contributed by atoms with Crippen LogP contribution < -0.4 is 5.73 Å². The first kappa shape index (κ1) is 28.1. The predicted octanol–water partition coefficient (Wildman–Crippen LogP) is 5.69. The lowest BCUT2D eigenvalue weighted by atomic mass is 9.98. The minimum Gasteiger partial charge on any atom is -0.462 e. The van der Waals surface area contributed by atoms with Gasteiger partial charge in [0.15, 0.2) is 0 Å². The molecule has 0 spiro atoms. The fourth-order valence-corrected chi connectivity index (χ4v) is 4.27. The average molecular weight is 506 g/mol. The van der Waals surface area contributed by atoms with E-state index in [0.717, 1.165) is 48.2 Å². The van der Waals surface area contributed by atoms with Crippen molar-refractivity contribution in [2.24, 2.45) is 11.7 Å². The summed E-state index contributed by atoms with van der Waals surface area (Å²) in [7, 11) is 0. The van der Waals surface area contributed by atoms with Gasteiger partial charge >= 0.3 is 5.97 Å². The molecule has 0 aliphatic rings. The first-order valence-electron chi connectivity index (χ1n) is 13.2. The molecular weight excluding hydrogens is 466 g/mol. The lowest BCUT2D eigenvalue weighted by Crippen LogP contribution is -2.22. The number of carbonyl (C=O) groups is 2. The molecule has 1 aromatic heterocycles. The Hall–Kier alpha value is -3.45. The molecule has 1 amide bonds. The molecule has 0 aliphatic carbocycles. The highest BCUT2D eigenvalue weighted by molar-refractivity contribution is 5.97. The van der Waals surface area contributed by atoms with Crippen molar-refractivity contribution in [2.75, 3.05) is 6.61 Å². The molecule has 2 aromatic carbocycles. The van der Waals surface area contributed by atoms with Gasteiger partial charge in [-0.3, -0.25) is 4.79 Å². The molecule has 198 valence electrons. The summed E-state index contributed by atoms with van der Waals surface area (Å²) in [6, 6.07) is 15.3. The number of aryl methyl sites for hydroxylation is 1. The summed E-state index contributed by atoms with van der Waals surface area (Å²) in [5.41, 5.74) is 9.58. The number of amides is 1. The Morgan fingerprint density at radius 1 is 1.03 bits per heavy atom. The SMILES string of the molecule is CCCCOC(=O)c1ccccc1-c1ccc(Cn2c(CCCC)nc(C(O)C(C)C)c2C(N)=O)cc1. The molecule has 3 N–H and O–H groups in total. The molecule has 0 saturated carbocycles. The molecule has 0 fully saturated rings. The number of unbranched alkanes of at least 4 members (excludes halogenated alkanes) is 2. The van der Waals surface area contributed by atoms with Crippen molar-refractivity contribution < 1.29 is 19.4 Å². The number of nitrogens with two attached hydrogens (primary N) is 1. The number of carbonyl (C=O) groups excluding carboxylic acids is 2. The van der Waals surface area contributed by atoms with Crippen LogP contribution in [0.4, 0.5) is 0 Å². The third-order valence-corrected chi connectivity index (χ3v) is 6.46. The number of aliphatic hydroxyl groups excluding tert-OH is 1. The fraction of sp³-hybridized carbons (Fsp3) is 0.433. The molecule has 7 nitrogen and oxygen atoms in total. The Bertz CT molecular complexity index is 1200. The van der Waals surface area contributed by atoms with Crippen LogP contribution in [0.3, 0.4) is 0 Å². The number of ether oxygens (including phenoxy) is 1. The molecular formula is C30H39N3O4. The first-order valence-corrected chi connectivity index (χ1v) is 13.2. The zero-order valence-electron chi connectivity index (χ0n) is 22.4. The molecule has 3 aromatic rings. The van der Waals surface area contributed by atoms with Crippen LogP contribution in [0.2, 0.25) is 0 Å². The molecule has 37 heavy (non-hydrogen) atoms. The van der Waals surface area contributed by atoms with Crippen LogP contribution in [-0.4, -0.2) is 33.1 Å². The highest BCUT2D eigenvalue weighted by Crippen LogP contribution is 2.28. The minimum absolute atomic E-state index is 0.103. The van der Waals surface area contributed by atoms with Gasteiger partial charge in [-0.1, -0.05) is 83.0 Å². The molecule has 1 atom stereocenters. The van der Waals surface area contributed by atoms with Crippen LogP contribution >= 0.6 is 0 Å². The summed E-state index contributed by atoms with van der Waals surface area (Å²) in [5.74, 6) is -0.283. The standard InChI is InChI=1S/C30H39N3O4/c1-5-7-13-25-32-26(28(34)20(3)4)27(29(31)35)33(25)19-21-14-16-22(17-15-21)23-11-9-10-12-24(23)30(36)37-18-8-6-2/h9-12,14-17,20,28,34H,5-8,13,18-19H2,1-4H3,(H2,31,35). The molecule has 1 unspecified atom stereocenters. The van der Waals surface area contributed by atoms with Gasteiger partial charge in [-0.2, -0.15) is 0 Å². The molecule has 3 rings (SSSR count). The van der Waals surface area contributed by atoms with E-state index in [9.17, 15) is 14.7 Å². The number of benzene rings is 2. The van der Waals surface area contributed by atoms with Crippen molar-refractivity contribution >= 4 is 11.9 Å². The van der Waals surface area contributed by atoms with E-state index in [-0.39, 0.29) is 17.6 Å². The van der Waals surface area contributed by atoms with E-state index < -0.39 is 12.0 Å². The summed E-state index contributed by atoms with van der Waals surface area (Å²) in [6.45, 7) is 8.73. The van der Waals surface area contributed by atoms with Gasteiger partial charge in [0, 0.05) is 13.0 Å². The van der Waals surface area contributed by atoms with Gasteiger partial charge in [0.05, 0.1) is 12.2 Å². The summed E-state index contributed by atoms with van der Waals surface area (Å²) in [6.07, 6.45) is 3.50. The zero-order chi connectivity index (χ0) is 26.9. The summed E-state index contributed by atoms with van der Waals surface area (Å²) in [4.78, 5) is 29.8. The third kappa shape index (κ3) is 6.86. The van der Waals surface area contributed by atoms with Gasteiger partial charge in [-0.15, -0.1) is 0 Å². The number of aliphatic hydroxyl groups is 1. The van der Waals surface area contributed by atoms with Crippen LogP contribution in [0.25, 0.3) is 11.1 Å². The van der Waals surface area contributed by atoms with Gasteiger partial charge in [-0.05, 0) is 41.5 Å². The Balaban J connectivity index is 1.93. The van der Waals surface area contributed by atoms with E-state index in [0.29, 0.717) is 30.8 Å². The van der Waals surface area contributed by atoms with Crippen molar-refractivity contribution in [3.8, 4) is 11.1 Å². The van der Waals surface area contributed by atoms with Crippen LogP contribution in [0.1, 0.15) is 97.4 Å². The van der Waals surface area contributed by atoms with E-state index in [1.165, 1.54) is 0 Å². The number of hydrogen-bond donors (Lipinski definition) is 2. The number of nitrogens with zero attached hydrogens (tertiary/aromatic N) is 2. The zero-order valence-corrected chi connectivity index (χ0v) is 22.4. The molecule has 0 aliphatic heterocycles. The summed E-state index contributed by atoms with van der Waals surface area (Å²) >= 11 is 0. The lowest BCUT2D eigenvalue weighted by Gasteiger charge is -2.15. The molecule has 7 heteroatoms. The molecule has 0 bridgehead atoms. The summed E-state index contributed by atoms with van der Waals surface area (Å²) < 4.78 is 7.28. The maximum atomic E-state index is 12.7. The van der Waals surface area contributed by atoms with Gasteiger partial charge in [0.25, 0.3) is 5.91 Å². The number of rotatable bonds is 13. The lowest BCUT2D eigenvalue weighted by molar-refractivity contribution is 0.0500. The van der Waals surface area contributed by atoms with E-state index >= 15 is 0 Å². The van der Waals surface area contributed by atoms with Crippen molar-refractivity contribution in [3.05, 3.63) is 76.9 Å². The van der Waals surface area contributed by atoms with Crippen molar-refractivity contribution in [2.45, 2.75) is 72.4 Å². The van der Waals surface area contributed by atoms with Gasteiger partial charge in [0.2, 0.25) is 0 Å². The van der Waals surface area contributed by atoms with Crippen molar-refractivity contribution in [1.82, 2.24) is 9.55 Å². The Morgan fingerprint density at radius 3 is 2.32 bits per heavy atom. The molecule has 0 saturated heterocycles. The molecule has 0 radical (unpaired) electrons. The largest absolute Gasteiger partial charge is 0.462 e. The number of hydrogen-bond acceptors (Lipinski definition) is 5. The van der Waals surface area contributed by atoms with Crippen LogP contribution in [0.15, 0.2) is 48.5 Å². The van der Waals surface area contributed by atoms with E-state index in [4.69, 9.17) is 10.5 Å². The monoisotopic (exact) mass is 505 g/mol. The molecule has 1 heterocycles. The Kier molecular flexibility index (Phi) is 10.0. The van der Waals surface area contributed by atoms with Crippen LogP contribution in [0, 0.1) is 5.92 Å². The first-order chi connectivity index (χ1) is 17.8. The van der Waals surface area contributed by atoms with Crippen LogP contribution in [0.5, 0.6) is 0 Å². The Morgan fingerprint density at radius 2 is 1.70 bits per heavy atom. The minimum atomic E-state index is -0.875. The van der Waals surface area contributed by atoms with Crippen LogP contribution in [-0.2, 0) is 17.7 Å². The van der Waals surface area contributed by atoms with E-state index in [2.05, 4.69) is 18.8 Å². The topological polar surface area (TPSA) is 107 Å². The number of primary amides is 1. The third-order valence-electron chi connectivity index (χ3n) is 6.46. The van der Waals surface area contributed by atoms with Gasteiger partial charge in [-0.25, -0.2) is 9.78 Å². The van der Waals surface area contributed by atoms with Gasteiger partial charge in [0.1, 0.15) is 23.3 Å². The van der Waals surface area contributed by atoms with Crippen molar-refractivity contribution in [1.29, 1.82) is 0 Å². The maximum absolute atomic E-state index is 12.7. The predicted molar refractivity (Wildman–Crippen MR) is 145 cm³/mol. The summed E-state index contributed by atoms with van der Waals surface area (Å²) in [5, 5.41) is 10.7. The average Bonchev–Trinajstić information content (AvgIpc) is 3.25. The number of esters is 1. The highest BCUT2D eigenvalue weighted by atomic mass is 16.5. The normalized spacial score (nSPS) is 12.1. The van der Waals surface area contributed by atoms with Crippen molar-refractivity contribution in [3.63, 3.8) is 0 Å². The number of imidazole rings is 1.